The number of benzene rings is 1. The fourth-order valence-corrected chi connectivity index (χ4v) is 3.58. The second-order valence-corrected chi connectivity index (χ2v) is 6.45. The van der Waals surface area contributed by atoms with Gasteiger partial charge in [0.1, 0.15) is 11.4 Å². The van der Waals surface area contributed by atoms with Gasteiger partial charge in [0.05, 0.1) is 24.9 Å². The number of hydrogen-bond acceptors (Lipinski definition) is 5. The average Bonchev–Trinajstić information content (AvgIpc) is 3.19. The third-order valence-electron chi connectivity index (χ3n) is 4.76. The molecule has 1 spiro atoms. The highest BCUT2D eigenvalue weighted by atomic mass is 16.6. The van der Waals surface area contributed by atoms with Gasteiger partial charge in [0.2, 0.25) is 0 Å². The summed E-state index contributed by atoms with van der Waals surface area (Å²) in [7, 11) is 3.45. The van der Waals surface area contributed by atoms with Gasteiger partial charge in [-0.3, -0.25) is 10.00 Å². The van der Waals surface area contributed by atoms with Crippen LogP contribution in [-0.4, -0.2) is 65.5 Å². The number of H-pyrrole nitrogens is 1. The van der Waals surface area contributed by atoms with E-state index in [0.29, 0.717) is 6.54 Å². The van der Waals surface area contributed by atoms with E-state index in [2.05, 4.69) is 15.1 Å². The first-order chi connectivity index (χ1) is 11.1. The van der Waals surface area contributed by atoms with Gasteiger partial charge in [-0.1, -0.05) is 0 Å². The molecule has 1 amide bonds. The lowest BCUT2D eigenvalue weighted by Crippen LogP contribution is -2.37. The molecule has 1 atom stereocenters. The molecule has 0 saturated carbocycles. The lowest BCUT2D eigenvalue weighted by Gasteiger charge is -2.21. The SMILES string of the molecule is COc1ccc2n[nH]c(CN3CCC4(C3)CN(C)C(=O)O4)c2c1. The molecule has 3 heterocycles. The highest BCUT2D eigenvalue weighted by molar-refractivity contribution is 5.82. The second-order valence-electron chi connectivity index (χ2n) is 6.45. The molecule has 2 aliphatic rings. The summed E-state index contributed by atoms with van der Waals surface area (Å²) in [6.45, 7) is 3.09. The Morgan fingerprint density at radius 2 is 2.30 bits per heavy atom. The standard InChI is InChI=1S/C16H20N4O3/c1-19-9-16(23-15(19)21)5-6-20(10-16)8-14-12-7-11(22-2)3-4-13(12)17-18-14/h3-4,7H,5-6,8-10H2,1-2H3,(H,17,18). The fourth-order valence-electron chi connectivity index (χ4n) is 3.58. The maximum absolute atomic E-state index is 11.7. The summed E-state index contributed by atoms with van der Waals surface area (Å²) in [4.78, 5) is 15.6. The van der Waals surface area contributed by atoms with Crippen molar-refractivity contribution in [1.29, 1.82) is 0 Å². The normalized spacial score (nSPS) is 24.8. The molecule has 7 nitrogen and oxygen atoms in total. The molecule has 1 unspecified atom stereocenters. The molecule has 23 heavy (non-hydrogen) atoms. The Hall–Kier alpha value is -2.28. The highest BCUT2D eigenvalue weighted by Crippen LogP contribution is 2.33. The molecule has 2 aliphatic heterocycles. The Morgan fingerprint density at radius 1 is 1.43 bits per heavy atom. The van der Waals surface area contributed by atoms with Crippen LogP contribution in [0.4, 0.5) is 4.79 Å². The molecular formula is C16H20N4O3. The van der Waals surface area contributed by atoms with Crippen molar-refractivity contribution in [3.63, 3.8) is 0 Å². The van der Waals surface area contributed by atoms with Crippen molar-refractivity contribution in [2.75, 3.05) is 33.8 Å². The zero-order chi connectivity index (χ0) is 16.0. The van der Waals surface area contributed by atoms with Gasteiger partial charge in [0, 0.05) is 38.5 Å². The summed E-state index contributed by atoms with van der Waals surface area (Å²) in [6.07, 6.45) is 0.655. The monoisotopic (exact) mass is 316 g/mol. The largest absolute Gasteiger partial charge is 0.497 e. The minimum Gasteiger partial charge on any atom is -0.497 e. The van der Waals surface area contributed by atoms with Crippen LogP contribution in [0.3, 0.4) is 0 Å². The molecule has 2 aromatic rings. The van der Waals surface area contributed by atoms with Crippen LogP contribution in [0.25, 0.3) is 10.9 Å². The first-order valence-electron chi connectivity index (χ1n) is 7.76. The molecule has 122 valence electrons. The van der Waals surface area contributed by atoms with Crippen LogP contribution in [0.15, 0.2) is 18.2 Å². The van der Waals surface area contributed by atoms with Crippen LogP contribution in [0.2, 0.25) is 0 Å². The molecule has 1 aromatic carbocycles. The van der Waals surface area contributed by atoms with E-state index < -0.39 is 0 Å². The zero-order valence-electron chi connectivity index (χ0n) is 13.3. The van der Waals surface area contributed by atoms with Gasteiger partial charge in [-0.15, -0.1) is 0 Å². The summed E-state index contributed by atoms with van der Waals surface area (Å²) in [5.74, 6) is 0.824. The number of fused-ring (bicyclic) bond motifs is 1. The van der Waals surface area contributed by atoms with E-state index in [1.165, 1.54) is 0 Å². The van der Waals surface area contributed by atoms with Crippen molar-refractivity contribution in [3.8, 4) is 5.75 Å². The van der Waals surface area contributed by atoms with E-state index in [1.54, 1.807) is 19.1 Å². The maximum Gasteiger partial charge on any atom is 0.410 e. The molecule has 0 bridgehead atoms. The summed E-state index contributed by atoms with van der Waals surface area (Å²) < 4.78 is 10.9. The van der Waals surface area contributed by atoms with Crippen LogP contribution < -0.4 is 4.74 Å². The van der Waals surface area contributed by atoms with E-state index in [1.807, 2.05) is 18.2 Å². The second kappa shape index (κ2) is 5.13. The number of nitrogens with one attached hydrogen (secondary N) is 1. The van der Waals surface area contributed by atoms with Gasteiger partial charge < -0.3 is 14.4 Å². The number of carbonyl (C=O) groups is 1. The van der Waals surface area contributed by atoms with Gasteiger partial charge >= 0.3 is 6.09 Å². The number of amides is 1. The third kappa shape index (κ3) is 2.41. The van der Waals surface area contributed by atoms with E-state index in [4.69, 9.17) is 9.47 Å². The number of hydrogen-bond donors (Lipinski definition) is 1. The van der Waals surface area contributed by atoms with E-state index >= 15 is 0 Å². The first-order valence-corrected chi connectivity index (χ1v) is 7.76. The van der Waals surface area contributed by atoms with E-state index in [-0.39, 0.29) is 11.7 Å². The summed E-state index contributed by atoms with van der Waals surface area (Å²) in [5.41, 5.74) is 1.65. The minimum atomic E-state index is -0.348. The predicted molar refractivity (Wildman–Crippen MR) is 84.4 cm³/mol. The number of nitrogens with zero attached hydrogens (tertiary/aromatic N) is 3. The average molecular weight is 316 g/mol. The van der Waals surface area contributed by atoms with Crippen LogP contribution in [-0.2, 0) is 11.3 Å². The van der Waals surface area contributed by atoms with Crippen molar-refractivity contribution in [2.24, 2.45) is 0 Å². The number of ether oxygens (including phenoxy) is 2. The molecule has 1 N–H and O–H groups in total. The Morgan fingerprint density at radius 3 is 3.04 bits per heavy atom. The molecule has 0 aliphatic carbocycles. The fraction of sp³-hybridized carbons (Fsp3) is 0.500. The smallest absolute Gasteiger partial charge is 0.410 e. The topological polar surface area (TPSA) is 70.7 Å². The lowest BCUT2D eigenvalue weighted by atomic mass is 10.0. The number of aromatic amines is 1. The van der Waals surface area contributed by atoms with Crippen molar-refractivity contribution >= 4 is 17.0 Å². The number of likely N-dealkylation sites (tertiary alicyclic amines) is 1. The van der Waals surface area contributed by atoms with E-state index in [0.717, 1.165) is 48.4 Å². The number of carbonyl (C=O) groups excluding carboxylic acids is 1. The Labute approximate surface area is 134 Å². The van der Waals surface area contributed by atoms with Crippen LogP contribution >= 0.6 is 0 Å². The number of rotatable bonds is 3. The molecule has 7 heteroatoms. The quantitative estimate of drug-likeness (QED) is 0.931. The minimum absolute atomic E-state index is 0.219. The van der Waals surface area contributed by atoms with Gasteiger partial charge in [-0.25, -0.2) is 4.79 Å². The summed E-state index contributed by atoms with van der Waals surface area (Å²) in [6, 6.07) is 5.86. The summed E-state index contributed by atoms with van der Waals surface area (Å²) >= 11 is 0. The van der Waals surface area contributed by atoms with Gasteiger partial charge in [-0.2, -0.15) is 5.10 Å². The van der Waals surface area contributed by atoms with Crippen LogP contribution in [0, 0.1) is 0 Å². The summed E-state index contributed by atoms with van der Waals surface area (Å²) in [5, 5.41) is 8.55. The number of likely N-dealkylation sites (N-methyl/N-ethyl adjacent to an activating group) is 1. The third-order valence-corrected chi connectivity index (χ3v) is 4.76. The van der Waals surface area contributed by atoms with Crippen molar-refractivity contribution < 1.29 is 14.3 Å². The molecule has 0 radical (unpaired) electrons. The molecule has 4 rings (SSSR count). The highest BCUT2D eigenvalue weighted by Gasteiger charge is 2.48. The van der Waals surface area contributed by atoms with Gasteiger partial charge in [0.15, 0.2) is 0 Å². The molecule has 2 fully saturated rings. The van der Waals surface area contributed by atoms with E-state index in [9.17, 15) is 4.79 Å². The van der Waals surface area contributed by atoms with Crippen LogP contribution in [0.1, 0.15) is 12.1 Å². The van der Waals surface area contributed by atoms with Gasteiger partial charge in [-0.05, 0) is 18.2 Å². The maximum atomic E-state index is 11.7. The number of aromatic nitrogens is 2. The van der Waals surface area contributed by atoms with Crippen molar-refractivity contribution in [1.82, 2.24) is 20.0 Å². The first kappa shape index (κ1) is 14.3. The molecule has 1 aromatic heterocycles. The predicted octanol–water partition coefficient (Wildman–Crippen LogP) is 1.60. The molecule has 2 saturated heterocycles. The lowest BCUT2D eigenvalue weighted by molar-refractivity contribution is 0.0626. The van der Waals surface area contributed by atoms with Crippen LogP contribution in [0.5, 0.6) is 5.75 Å². The van der Waals surface area contributed by atoms with Gasteiger partial charge in [0.25, 0.3) is 0 Å². The molecular weight excluding hydrogens is 296 g/mol. The Kier molecular flexibility index (Phi) is 3.19. The Bertz CT molecular complexity index is 759. The van der Waals surface area contributed by atoms with Crippen molar-refractivity contribution in [3.05, 3.63) is 23.9 Å². The zero-order valence-corrected chi connectivity index (χ0v) is 13.3. The number of methoxy groups -OCH3 is 1. The Balaban J connectivity index is 1.52. The van der Waals surface area contributed by atoms with Crippen molar-refractivity contribution in [2.45, 2.75) is 18.6 Å².